The molecule has 2 aromatic rings. The summed E-state index contributed by atoms with van der Waals surface area (Å²) in [5, 5.41) is 13.5. The lowest BCUT2D eigenvalue weighted by Crippen LogP contribution is -2.52. The van der Waals surface area contributed by atoms with Gasteiger partial charge in [-0.25, -0.2) is 9.78 Å². The quantitative estimate of drug-likeness (QED) is 0.911. The molecule has 3 rings (SSSR count). The Morgan fingerprint density at radius 1 is 1.18 bits per heavy atom. The van der Waals surface area contributed by atoms with Crippen molar-refractivity contribution in [2.45, 2.75) is 31.2 Å². The van der Waals surface area contributed by atoms with Crippen LogP contribution >= 0.6 is 11.6 Å². The van der Waals surface area contributed by atoms with E-state index in [1.165, 1.54) is 0 Å². The molecule has 1 amide bonds. The number of amides is 1. The first-order chi connectivity index (χ1) is 10.5. The minimum absolute atomic E-state index is 0.197. The molecular formula is C16H15ClN2O3. The lowest BCUT2D eigenvalue weighted by Gasteiger charge is -2.25. The molecule has 0 bridgehead atoms. The summed E-state index contributed by atoms with van der Waals surface area (Å²) in [4.78, 5) is 28.1. The van der Waals surface area contributed by atoms with E-state index in [1.54, 1.807) is 24.3 Å². The molecule has 1 saturated carbocycles. The number of carbonyl (C=O) groups is 2. The molecule has 0 aliphatic heterocycles. The predicted molar refractivity (Wildman–Crippen MR) is 83.1 cm³/mol. The summed E-state index contributed by atoms with van der Waals surface area (Å²) in [6.45, 7) is 0. The number of aliphatic carboxylic acids is 1. The minimum Gasteiger partial charge on any atom is -0.480 e. The van der Waals surface area contributed by atoms with Gasteiger partial charge in [0.25, 0.3) is 5.91 Å². The molecule has 5 nitrogen and oxygen atoms in total. The van der Waals surface area contributed by atoms with Crippen molar-refractivity contribution in [2.75, 3.05) is 0 Å². The zero-order valence-electron chi connectivity index (χ0n) is 11.8. The van der Waals surface area contributed by atoms with E-state index in [9.17, 15) is 14.7 Å². The topological polar surface area (TPSA) is 79.3 Å². The fourth-order valence-corrected chi connectivity index (χ4v) is 3.04. The van der Waals surface area contributed by atoms with E-state index < -0.39 is 17.4 Å². The van der Waals surface area contributed by atoms with Crippen LogP contribution in [-0.2, 0) is 4.79 Å². The van der Waals surface area contributed by atoms with Crippen LogP contribution in [0.2, 0.25) is 5.02 Å². The summed E-state index contributed by atoms with van der Waals surface area (Å²) in [7, 11) is 0. The SMILES string of the molecule is O=C(NC1(C(=O)O)CCCC1)c1ccc2ccc(Cl)cc2n1. The molecule has 2 N–H and O–H groups in total. The molecule has 0 radical (unpaired) electrons. The van der Waals surface area contributed by atoms with Gasteiger partial charge in [-0.3, -0.25) is 4.79 Å². The molecule has 1 fully saturated rings. The molecule has 22 heavy (non-hydrogen) atoms. The molecule has 114 valence electrons. The highest BCUT2D eigenvalue weighted by Gasteiger charge is 2.42. The van der Waals surface area contributed by atoms with Crippen LogP contribution < -0.4 is 5.32 Å². The van der Waals surface area contributed by atoms with Crippen LogP contribution in [-0.4, -0.2) is 27.5 Å². The minimum atomic E-state index is -1.16. The summed E-state index contributed by atoms with van der Waals surface area (Å²) >= 11 is 5.93. The fourth-order valence-electron chi connectivity index (χ4n) is 2.87. The third kappa shape index (κ3) is 2.64. The van der Waals surface area contributed by atoms with Crippen LogP contribution in [0.3, 0.4) is 0 Å². The van der Waals surface area contributed by atoms with Gasteiger partial charge in [0.05, 0.1) is 5.52 Å². The van der Waals surface area contributed by atoms with E-state index in [0.717, 1.165) is 18.2 Å². The summed E-state index contributed by atoms with van der Waals surface area (Å²) in [5.74, 6) is -1.45. The van der Waals surface area contributed by atoms with E-state index in [2.05, 4.69) is 10.3 Å². The third-order valence-electron chi connectivity index (χ3n) is 4.11. The Balaban J connectivity index is 1.90. The second-order valence-corrected chi connectivity index (χ2v) is 6.02. The zero-order chi connectivity index (χ0) is 15.7. The maximum Gasteiger partial charge on any atom is 0.329 e. The molecule has 1 heterocycles. The average molecular weight is 319 g/mol. The Labute approximate surface area is 132 Å². The number of halogens is 1. The number of rotatable bonds is 3. The maximum absolute atomic E-state index is 12.4. The Morgan fingerprint density at radius 3 is 2.55 bits per heavy atom. The van der Waals surface area contributed by atoms with Crippen molar-refractivity contribution in [2.24, 2.45) is 0 Å². The third-order valence-corrected chi connectivity index (χ3v) is 4.34. The molecule has 0 saturated heterocycles. The van der Waals surface area contributed by atoms with Gasteiger partial charge in [-0.05, 0) is 31.0 Å². The number of benzene rings is 1. The van der Waals surface area contributed by atoms with Gasteiger partial charge in [-0.1, -0.05) is 36.6 Å². The Kier molecular flexibility index (Phi) is 3.74. The number of nitrogens with zero attached hydrogens (tertiary/aromatic N) is 1. The summed E-state index contributed by atoms with van der Waals surface area (Å²) in [6, 6.07) is 8.62. The van der Waals surface area contributed by atoms with Gasteiger partial charge < -0.3 is 10.4 Å². The molecule has 0 spiro atoms. The van der Waals surface area contributed by atoms with Gasteiger partial charge in [0.2, 0.25) is 0 Å². The van der Waals surface area contributed by atoms with Crippen molar-refractivity contribution in [3.63, 3.8) is 0 Å². The van der Waals surface area contributed by atoms with Crippen molar-refractivity contribution < 1.29 is 14.7 Å². The number of carboxylic acids is 1. The first kappa shape index (κ1) is 14.8. The Bertz CT molecular complexity index is 754. The second-order valence-electron chi connectivity index (χ2n) is 5.58. The van der Waals surface area contributed by atoms with Gasteiger partial charge >= 0.3 is 5.97 Å². The zero-order valence-corrected chi connectivity index (χ0v) is 12.6. The normalized spacial score (nSPS) is 16.6. The van der Waals surface area contributed by atoms with Crippen LogP contribution in [0.25, 0.3) is 10.9 Å². The first-order valence-corrected chi connectivity index (χ1v) is 7.50. The Hall–Kier alpha value is -2.14. The Morgan fingerprint density at radius 2 is 1.86 bits per heavy atom. The van der Waals surface area contributed by atoms with Crippen LogP contribution in [0.15, 0.2) is 30.3 Å². The van der Waals surface area contributed by atoms with Crippen molar-refractivity contribution in [1.29, 1.82) is 0 Å². The van der Waals surface area contributed by atoms with E-state index in [-0.39, 0.29) is 5.69 Å². The highest BCUT2D eigenvalue weighted by atomic mass is 35.5. The summed E-state index contributed by atoms with van der Waals surface area (Å²) in [6.07, 6.45) is 2.50. The summed E-state index contributed by atoms with van der Waals surface area (Å²) < 4.78 is 0. The first-order valence-electron chi connectivity index (χ1n) is 7.12. The average Bonchev–Trinajstić information content (AvgIpc) is 2.96. The van der Waals surface area contributed by atoms with Crippen LogP contribution in [0, 0.1) is 0 Å². The van der Waals surface area contributed by atoms with Crippen LogP contribution in [0.4, 0.5) is 0 Å². The number of nitrogens with one attached hydrogen (secondary N) is 1. The monoisotopic (exact) mass is 318 g/mol. The lowest BCUT2D eigenvalue weighted by atomic mass is 9.97. The largest absolute Gasteiger partial charge is 0.480 e. The number of carboxylic acid groups (broad SMARTS) is 1. The number of carbonyl (C=O) groups excluding carboxylic acids is 1. The molecule has 0 atom stereocenters. The number of fused-ring (bicyclic) bond motifs is 1. The molecule has 1 aromatic heterocycles. The molecule has 1 aromatic carbocycles. The summed E-state index contributed by atoms with van der Waals surface area (Å²) in [5.41, 5.74) is -0.361. The van der Waals surface area contributed by atoms with Gasteiger partial charge in [0, 0.05) is 10.4 Å². The smallest absolute Gasteiger partial charge is 0.329 e. The van der Waals surface area contributed by atoms with Crippen LogP contribution in [0.5, 0.6) is 0 Å². The van der Waals surface area contributed by atoms with Gasteiger partial charge in [0.1, 0.15) is 11.2 Å². The standard InChI is InChI=1S/C16H15ClN2O3/c17-11-5-3-10-4-6-12(18-13(10)9-11)14(20)19-16(15(21)22)7-1-2-8-16/h3-6,9H,1-2,7-8H2,(H,19,20)(H,21,22). The van der Waals surface area contributed by atoms with E-state index in [1.807, 2.05) is 6.07 Å². The molecular weight excluding hydrogens is 304 g/mol. The van der Waals surface area contributed by atoms with Gasteiger partial charge in [-0.2, -0.15) is 0 Å². The molecule has 1 aliphatic carbocycles. The van der Waals surface area contributed by atoms with Crippen molar-refractivity contribution >= 4 is 34.4 Å². The van der Waals surface area contributed by atoms with E-state index >= 15 is 0 Å². The van der Waals surface area contributed by atoms with Crippen LogP contribution in [0.1, 0.15) is 36.2 Å². The highest BCUT2D eigenvalue weighted by molar-refractivity contribution is 6.31. The predicted octanol–water partition coefficient (Wildman–Crippen LogP) is 3.02. The van der Waals surface area contributed by atoms with E-state index in [0.29, 0.717) is 23.4 Å². The molecule has 0 unspecified atom stereocenters. The number of hydrogen-bond donors (Lipinski definition) is 2. The lowest BCUT2D eigenvalue weighted by molar-refractivity contribution is -0.144. The fraction of sp³-hybridized carbons (Fsp3) is 0.312. The van der Waals surface area contributed by atoms with Crippen molar-refractivity contribution in [3.05, 3.63) is 41.0 Å². The molecule has 1 aliphatic rings. The maximum atomic E-state index is 12.4. The number of aromatic nitrogens is 1. The van der Waals surface area contributed by atoms with Crippen molar-refractivity contribution in [1.82, 2.24) is 10.3 Å². The number of hydrogen-bond acceptors (Lipinski definition) is 3. The van der Waals surface area contributed by atoms with Gasteiger partial charge in [-0.15, -0.1) is 0 Å². The van der Waals surface area contributed by atoms with Gasteiger partial charge in [0.15, 0.2) is 0 Å². The second kappa shape index (κ2) is 5.57. The highest BCUT2D eigenvalue weighted by Crippen LogP contribution is 2.30. The van der Waals surface area contributed by atoms with Crippen molar-refractivity contribution in [3.8, 4) is 0 Å². The molecule has 6 heteroatoms. The van der Waals surface area contributed by atoms with E-state index in [4.69, 9.17) is 11.6 Å². The number of pyridine rings is 1.